The SMILES string of the molecule is CC(C)(C)S(C)(CC(=O)C1CCCC1)OS(=O)(=O)C(F)(F)C(F)(F)C(F)(F)C(F)(F)C(F)(F)C(F)(F)C(F)(F)C(F)(F)F. The maximum absolute atomic E-state index is 14.6. The maximum Gasteiger partial charge on any atom is 0.460 e. The fourth-order valence-corrected chi connectivity index (χ4v) is 8.11. The van der Waals surface area contributed by atoms with Crippen molar-refractivity contribution in [1.82, 2.24) is 0 Å². The minimum Gasteiger partial charge on any atom is -0.298 e. The van der Waals surface area contributed by atoms with Crippen LogP contribution < -0.4 is 0 Å². The lowest BCUT2D eigenvalue weighted by Crippen LogP contribution is -2.75. The number of alkyl halides is 17. The summed E-state index contributed by atoms with van der Waals surface area (Å²) in [6, 6.07) is 0. The van der Waals surface area contributed by atoms with E-state index in [0.29, 0.717) is 19.1 Å². The first-order valence-electron chi connectivity index (χ1n) is 11.4. The molecule has 1 fully saturated rings. The third-order valence-corrected chi connectivity index (χ3v) is 13.0. The molecule has 258 valence electrons. The number of ketones is 1. The van der Waals surface area contributed by atoms with Crippen molar-refractivity contribution in [3.05, 3.63) is 0 Å². The Balaban J connectivity index is 3.71. The van der Waals surface area contributed by atoms with Gasteiger partial charge in [-0.15, -0.1) is 10.3 Å². The Bertz CT molecular complexity index is 1150. The molecule has 0 N–H and O–H groups in total. The van der Waals surface area contributed by atoms with Gasteiger partial charge in [0.15, 0.2) is 0 Å². The average molecular weight is 715 g/mol. The van der Waals surface area contributed by atoms with Gasteiger partial charge in [-0.3, -0.25) is 4.79 Å². The summed E-state index contributed by atoms with van der Waals surface area (Å²) in [6.45, 7) is 2.92. The number of hydrogen-bond donors (Lipinski definition) is 0. The number of halogens is 17. The highest BCUT2D eigenvalue weighted by atomic mass is 32.3. The molecule has 4 nitrogen and oxygen atoms in total. The predicted octanol–water partition coefficient (Wildman–Crippen LogP) is 8.21. The molecule has 1 saturated carbocycles. The molecule has 0 aromatic heterocycles. The van der Waals surface area contributed by atoms with Crippen molar-refractivity contribution in [3.63, 3.8) is 0 Å². The van der Waals surface area contributed by atoms with Crippen molar-refractivity contribution in [2.45, 2.75) is 98.2 Å². The molecule has 0 bridgehead atoms. The fraction of sp³-hybridized carbons (Fsp3) is 0.950. The molecule has 1 unspecified atom stereocenters. The van der Waals surface area contributed by atoms with Gasteiger partial charge in [-0.2, -0.15) is 83.1 Å². The van der Waals surface area contributed by atoms with Crippen LogP contribution in [0.3, 0.4) is 0 Å². The van der Waals surface area contributed by atoms with Crippen molar-refractivity contribution >= 4 is 26.2 Å². The second-order valence-corrected chi connectivity index (χ2v) is 16.2. The van der Waals surface area contributed by atoms with E-state index in [0.717, 1.165) is 20.8 Å². The number of hydrogen-bond acceptors (Lipinski definition) is 4. The first-order chi connectivity index (χ1) is 18.4. The zero-order chi connectivity index (χ0) is 34.9. The molecular weight excluding hydrogens is 691 g/mol. The van der Waals surface area contributed by atoms with Gasteiger partial charge in [-0.25, -0.2) is 3.63 Å². The van der Waals surface area contributed by atoms with Crippen molar-refractivity contribution < 1.29 is 91.5 Å². The monoisotopic (exact) mass is 714 g/mol. The summed E-state index contributed by atoms with van der Waals surface area (Å²) in [5.74, 6) is -55.0. The largest absolute Gasteiger partial charge is 0.460 e. The number of carbonyl (C=O) groups excluding carboxylic acids is 1. The van der Waals surface area contributed by atoms with Crippen molar-refractivity contribution in [3.8, 4) is 0 Å². The molecule has 1 aliphatic carbocycles. The Morgan fingerprint density at radius 2 is 0.953 bits per heavy atom. The molecule has 0 aliphatic heterocycles. The van der Waals surface area contributed by atoms with Crippen molar-refractivity contribution in [2.75, 3.05) is 12.0 Å². The van der Waals surface area contributed by atoms with E-state index in [1.165, 1.54) is 0 Å². The van der Waals surface area contributed by atoms with Crippen LogP contribution in [0.15, 0.2) is 0 Å². The number of rotatable bonds is 12. The number of Topliss-reactive ketones (excluding diaryl/α,β-unsaturated/α-hetero) is 1. The van der Waals surface area contributed by atoms with Gasteiger partial charge in [0.25, 0.3) is 0 Å². The van der Waals surface area contributed by atoms with Crippen LogP contribution in [0, 0.1) is 5.92 Å². The molecule has 0 amide bonds. The summed E-state index contributed by atoms with van der Waals surface area (Å²) in [6.07, 6.45) is -5.97. The normalized spacial score (nSPS) is 20.2. The molecule has 1 atom stereocenters. The van der Waals surface area contributed by atoms with E-state index in [1.54, 1.807) is 0 Å². The Morgan fingerprint density at radius 1 is 0.628 bits per heavy atom. The van der Waals surface area contributed by atoms with Crippen LogP contribution in [0.5, 0.6) is 0 Å². The summed E-state index contributed by atoms with van der Waals surface area (Å²) in [5, 5.41) is -7.79. The zero-order valence-corrected chi connectivity index (χ0v) is 23.6. The van der Waals surface area contributed by atoms with E-state index >= 15 is 0 Å². The molecule has 23 heteroatoms. The van der Waals surface area contributed by atoms with Gasteiger partial charge < -0.3 is 0 Å². The first kappa shape index (κ1) is 39.8. The van der Waals surface area contributed by atoms with Gasteiger partial charge in [0.2, 0.25) is 0 Å². The van der Waals surface area contributed by atoms with Gasteiger partial charge in [0, 0.05) is 10.7 Å². The van der Waals surface area contributed by atoms with Gasteiger partial charge in [-0.1, -0.05) is 33.6 Å². The number of carbonyl (C=O) groups is 1. The lowest BCUT2D eigenvalue weighted by molar-refractivity contribution is -0.458. The molecule has 0 heterocycles. The van der Waals surface area contributed by atoms with Crippen LogP contribution in [0.2, 0.25) is 0 Å². The van der Waals surface area contributed by atoms with Gasteiger partial charge in [0.1, 0.15) is 5.78 Å². The van der Waals surface area contributed by atoms with Gasteiger partial charge >= 0.3 is 57.1 Å². The minimum atomic E-state index is -8.93. The van der Waals surface area contributed by atoms with E-state index in [-0.39, 0.29) is 12.8 Å². The topological polar surface area (TPSA) is 60.4 Å². The molecule has 1 rings (SSSR count). The third kappa shape index (κ3) is 5.91. The first-order valence-corrected chi connectivity index (χ1v) is 14.9. The maximum atomic E-state index is 14.6. The average Bonchev–Trinajstić information content (AvgIpc) is 3.31. The van der Waals surface area contributed by atoms with E-state index in [1.807, 2.05) is 0 Å². The quantitative estimate of drug-likeness (QED) is 0.191. The second kappa shape index (κ2) is 10.9. The van der Waals surface area contributed by atoms with Crippen LogP contribution in [0.25, 0.3) is 0 Å². The lowest BCUT2D eigenvalue weighted by Gasteiger charge is -2.47. The van der Waals surface area contributed by atoms with Crippen LogP contribution >= 0.6 is 10.3 Å². The Kier molecular flexibility index (Phi) is 10.1. The highest BCUT2D eigenvalue weighted by Crippen LogP contribution is 2.66. The summed E-state index contributed by atoms with van der Waals surface area (Å²) in [5.41, 5.74) is 0. The molecule has 0 aromatic rings. The van der Waals surface area contributed by atoms with Crippen LogP contribution in [0.4, 0.5) is 74.6 Å². The van der Waals surface area contributed by atoms with Crippen molar-refractivity contribution in [1.29, 1.82) is 0 Å². The minimum absolute atomic E-state index is 0.201. The molecular formula is C20H23F17O4S2. The van der Waals surface area contributed by atoms with E-state index in [9.17, 15) is 87.8 Å². The Labute approximate surface area is 234 Å². The molecule has 1 aliphatic rings. The molecule has 0 spiro atoms. The van der Waals surface area contributed by atoms with Gasteiger partial charge in [-0.05, 0) is 19.1 Å². The smallest absolute Gasteiger partial charge is 0.298 e. The Hall–Kier alpha value is -1.26. The van der Waals surface area contributed by atoms with Gasteiger partial charge in [0.05, 0.1) is 5.75 Å². The highest BCUT2D eigenvalue weighted by molar-refractivity contribution is 8.34. The predicted molar refractivity (Wildman–Crippen MR) is 116 cm³/mol. The lowest BCUT2D eigenvalue weighted by atomic mass is 9.91. The van der Waals surface area contributed by atoms with Crippen LogP contribution in [0.1, 0.15) is 46.5 Å². The summed E-state index contributed by atoms with van der Waals surface area (Å²) in [4.78, 5) is 12.6. The molecule has 0 radical (unpaired) electrons. The third-order valence-electron chi connectivity index (χ3n) is 6.77. The van der Waals surface area contributed by atoms with Crippen molar-refractivity contribution in [2.24, 2.45) is 5.92 Å². The second-order valence-electron chi connectivity index (χ2n) is 10.7. The molecule has 0 aromatic carbocycles. The molecule has 43 heavy (non-hydrogen) atoms. The Morgan fingerprint density at radius 3 is 1.28 bits per heavy atom. The van der Waals surface area contributed by atoms with E-state index in [2.05, 4.69) is 3.63 Å². The summed E-state index contributed by atoms with van der Waals surface area (Å²) in [7, 11) is -11.8. The van der Waals surface area contributed by atoms with E-state index < -0.39 is 89.6 Å². The fourth-order valence-electron chi connectivity index (χ4n) is 3.53. The van der Waals surface area contributed by atoms with E-state index in [4.69, 9.17) is 0 Å². The highest BCUT2D eigenvalue weighted by Gasteiger charge is 2.96. The standard InChI is InChI=1S/C20H23F17O4S2/c1-12(2,3)42(4,9-11(38)10-7-5-6-8-10)41-43(39,40)20(36,37)18(31,32)16(27,28)14(23,24)13(21,22)15(25,26)17(29,30)19(33,34)35/h10H,5-9H2,1-4H3. The van der Waals surface area contributed by atoms with Crippen LogP contribution in [-0.4, -0.2) is 77.9 Å². The zero-order valence-electron chi connectivity index (χ0n) is 22.0. The summed E-state index contributed by atoms with van der Waals surface area (Å²) >= 11 is 0. The van der Waals surface area contributed by atoms with Crippen LogP contribution in [-0.2, 0) is 18.5 Å². The molecule has 0 saturated heterocycles. The summed E-state index contributed by atoms with van der Waals surface area (Å²) < 4.78 is 257.